The third-order valence-corrected chi connectivity index (χ3v) is 3.74. The highest BCUT2D eigenvalue weighted by Crippen LogP contribution is 2.25. The van der Waals surface area contributed by atoms with E-state index < -0.39 is 0 Å². The van der Waals surface area contributed by atoms with E-state index in [-0.39, 0.29) is 11.1 Å². The fraction of sp³-hybridized carbons (Fsp3) is 0.615. The van der Waals surface area contributed by atoms with E-state index in [0.29, 0.717) is 5.92 Å². The van der Waals surface area contributed by atoms with Crippen molar-refractivity contribution < 1.29 is 0 Å². The van der Waals surface area contributed by atoms with Gasteiger partial charge in [0.2, 0.25) is 0 Å². The van der Waals surface area contributed by atoms with Gasteiger partial charge in [-0.25, -0.2) is 0 Å². The maximum Gasteiger partial charge on any atom is 0.250 e. The fourth-order valence-electron chi connectivity index (χ4n) is 2.20. The van der Waals surface area contributed by atoms with Gasteiger partial charge in [0.05, 0.1) is 0 Å². The molecule has 0 aliphatic carbocycles. The van der Waals surface area contributed by atoms with Crippen molar-refractivity contribution in [2.45, 2.75) is 25.9 Å². The maximum atomic E-state index is 11.5. The van der Waals surface area contributed by atoms with Gasteiger partial charge in [0.1, 0.15) is 0 Å². The molecule has 2 heterocycles. The molecule has 1 saturated heterocycles. The molecule has 0 amide bonds. The first-order chi connectivity index (χ1) is 8.01. The minimum atomic E-state index is -0.0261. The second kappa shape index (κ2) is 4.63. The number of pyridine rings is 1. The second-order valence-electron chi connectivity index (χ2n) is 5.33. The SMILES string of the molecule is CC(C)C1(N)CN(CCn2ccccc2=O)C1. The van der Waals surface area contributed by atoms with E-state index in [1.165, 1.54) is 0 Å². The average Bonchev–Trinajstić information content (AvgIpc) is 2.24. The number of aromatic nitrogens is 1. The average molecular weight is 235 g/mol. The predicted molar refractivity (Wildman–Crippen MR) is 68.9 cm³/mol. The summed E-state index contributed by atoms with van der Waals surface area (Å²) in [6.07, 6.45) is 1.83. The van der Waals surface area contributed by atoms with E-state index in [9.17, 15) is 4.79 Å². The Balaban J connectivity index is 1.83. The molecule has 0 unspecified atom stereocenters. The molecule has 17 heavy (non-hydrogen) atoms. The van der Waals surface area contributed by atoms with Crippen LogP contribution in [0, 0.1) is 5.92 Å². The minimum absolute atomic E-state index is 0.0261. The van der Waals surface area contributed by atoms with Crippen LogP contribution in [0.4, 0.5) is 0 Å². The zero-order chi connectivity index (χ0) is 12.5. The molecule has 0 bridgehead atoms. The molecule has 94 valence electrons. The van der Waals surface area contributed by atoms with Gasteiger partial charge in [-0.3, -0.25) is 9.69 Å². The van der Waals surface area contributed by atoms with E-state index in [0.717, 1.165) is 26.2 Å². The zero-order valence-corrected chi connectivity index (χ0v) is 10.6. The van der Waals surface area contributed by atoms with E-state index in [1.54, 1.807) is 16.7 Å². The number of rotatable bonds is 4. The van der Waals surface area contributed by atoms with Gasteiger partial charge in [0, 0.05) is 44.0 Å². The molecule has 2 rings (SSSR count). The molecule has 1 aliphatic rings. The Morgan fingerprint density at radius 1 is 1.35 bits per heavy atom. The molecule has 4 nitrogen and oxygen atoms in total. The van der Waals surface area contributed by atoms with Gasteiger partial charge < -0.3 is 10.3 Å². The van der Waals surface area contributed by atoms with Crippen molar-refractivity contribution in [3.05, 3.63) is 34.7 Å². The van der Waals surface area contributed by atoms with Crippen molar-refractivity contribution in [2.75, 3.05) is 19.6 Å². The van der Waals surface area contributed by atoms with Crippen LogP contribution < -0.4 is 11.3 Å². The molecule has 1 aromatic rings. The first-order valence-corrected chi connectivity index (χ1v) is 6.18. The van der Waals surface area contributed by atoms with Crippen molar-refractivity contribution in [1.82, 2.24) is 9.47 Å². The van der Waals surface area contributed by atoms with E-state index >= 15 is 0 Å². The smallest absolute Gasteiger partial charge is 0.250 e. The Bertz CT molecular complexity index is 432. The number of nitrogens with zero attached hydrogens (tertiary/aromatic N) is 2. The Hall–Kier alpha value is -1.13. The largest absolute Gasteiger partial charge is 0.323 e. The first kappa shape index (κ1) is 12.3. The van der Waals surface area contributed by atoms with Crippen molar-refractivity contribution in [1.29, 1.82) is 0 Å². The maximum absolute atomic E-state index is 11.5. The highest BCUT2D eigenvalue weighted by molar-refractivity contribution is 5.02. The normalized spacial score (nSPS) is 19.3. The fourth-order valence-corrected chi connectivity index (χ4v) is 2.20. The molecular weight excluding hydrogens is 214 g/mol. The van der Waals surface area contributed by atoms with E-state index in [2.05, 4.69) is 18.7 Å². The molecular formula is C13H21N3O. The number of hydrogen-bond donors (Lipinski definition) is 1. The van der Waals surface area contributed by atoms with Gasteiger partial charge in [-0.05, 0) is 12.0 Å². The summed E-state index contributed by atoms with van der Waals surface area (Å²) < 4.78 is 1.74. The van der Waals surface area contributed by atoms with Gasteiger partial charge in [-0.1, -0.05) is 19.9 Å². The minimum Gasteiger partial charge on any atom is -0.323 e. The Morgan fingerprint density at radius 2 is 2.06 bits per heavy atom. The quantitative estimate of drug-likeness (QED) is 0.827. The van der Waals surface area contributed by atoms with Gasteiger partial charge in [-0.2, -0.15) is 0 Å². The lowest BCUT2D eigenvalue weighted by Gasteiger charge is -2.50. The van der Waals surface area contributed by atoms with Crippen molar-refractivity contribution in [3.8, 4) is 0 Å². The Morgan fingerprint density at radius 3 is 2.65 bits per heavy atom. The van der Waals surface area contributed by atoms with Gasteiger partial charge in [0.25, 0.3) is 5.56 Å². The summed E-state index contributed by atoms with van der Waals surface area (Å²) >= 11 is 0. The van der Waals surface area contributed by atoms with Crippen molar-refractivity contribution >= 4 is 0 Å². The molecule has 0 radical (unpaired) electrons. The number of hydrogen-bond acceptors (Lipinski definition) is 3. The molecule has 1 fully saturated rings. The van der Waals surface area contributed by atoms with Crippen LogP contribution in [0.25, 0.3) is 0 Å². The van der Waals surface area contributed by atoms with Crippen molar-refractivity contribution in [3.63, 3.8) is 0 Å². The van der Waals surface area contributed by atoms with Gasteiger partial charge in [0.15, 0.2) is 0 Å². The van der Waals surface area contributed by atoms with Crippen LogP contribution in [0.3, 0.4) is 0 Å². The van der Waals surface area contributed by atoms with Crippen LogP contribution in [0.1, 0.15) is 13.8 Å². The molecule has 0 aromatic carbocycles. The standard InChI is InChI=1S/C13H21N3O/c1-11(2)13(14)9-15(10-13)7-8-16-6-4-3-5-12(16)17/h3-6,11H,7-10,14H2,1-2H3. The number of likely N-dealkylation sites (tertiary alicyclic amines) is 1. The van der Waals surface area contributed by atoms with Gasteiger partial charge >= 0.3 is 0 Å². The topological polar surface area (TPSA) is 51.3 Å². The first-order valence-electron chi connectivity index (χ1n) is 6.18. The summed E-state index contributed by atoms with van der Waals surface area (Å²) in [5.74, 6) is 0.512. The summed E-state index contributed by atoms with van der Waals surface area (Å²) in [5.41, 5.74) is 6.26. The predicted octanol–water partition coefficient (Wildman–Crippen LogP) is 0.517. The molecule has 2 N–H and O–H groups in total. The second-order valence-corrected chi connectivity index (χ2v) is 5.33. The van der Waals surface area contributed by atoms with Crippen LogP contribution in [-0.4, -0.2) is 34.6 Å². The van der Waals surface area contributed by atoms with E-state index in [1.807, 2.05) is 12.3 Å². The molecule has 1 aliphatic heterocycles. The zero-order valence-electron chi connectivity index (χ0n) is 10.6. The Labute approximate surface area is 102 Å². The highest BCUT2D eigenvalue weighted by Gasteiger charge is 2.41. The summed E-state index contributed by atoms with van der Waals surface area (Å²) in [6.45, 7) is 7.85. The Kier molecular flexibility index (Phi) is 3.35. The molecule has 1 aromatic heterocycles. The lowest BCUT2D eigenvalue weighted by atomic mass is 9.80. The summed E-state index contributed by atoms with van der Waals surface area (Å²) in [4.78, 5) is 13.8. The van der Waals surface area contributed by atoms with E-state index in [4.69, 9.17) is 5.73 Å². The number of nitrogens with two attached hydrogens (primary N) is 1. The summed E-state index contributed by atoms with van der Waals surface area (Å²) in [6, 6.07) is 5.25. The third kappa shape index (κ3) is 2.58. The monoisotopic (exact) mass is 235 g/mol. The molecule has 0 atom stereocenters. The summed E-state index contributed by atoms with van der Waals surface area (Å²) in [5, 5.41) is 0. The van der Waals surface area contributed by atoms with Crippen LogP contribution in [0.5, 0.6) is 0 Å². The van der Waals surface area contributed by atoms with Gasteiger partial charge in [-0.15, -0.1) is 0 Å². The lowest BCUT2D eigenvalue weighted by molar-refractivity contribution is 0.0351. The third-order valence-electron chi connectivity index (χ3n) is 3.74. The van der Waals surface area contributed by atoms with Crippen molar-refractivity contribution in [2.24, 2.45) is 11.7 Å². The lowest BCUT2D eigenvalue weighted by Crippen LogP contribution is -2.70. The van der Waals surface area contributed by atoms with Crippen LogP contribution in [0.15, 0.2) is 29.2 Å². The molecule has 4 heteroatoms. The van der Waals surface area contributed by atoms with Crippen LogP contribution >= 0.6 is 0 Å². The molecule has 0 saturated carbocycles. The van der Waals surface area contributed by atoms with Crippen LogP contribution in [0.2, 0.25) is 0 Å². The summed E-state index contributed by atoms with van der Waals surface area (Å²) in [7, 11) is 0. The molecule has 0 spiro atoms. The van der Waals surface area contributed by atoms with Crippen LogP contribution in [-0.2, 0) is 6.54 Å². The highest BCUT2D eigenvalue weighted by atomic mass is 16.1.